The van der Waals surface area contributed by atoms with Crippen LogP contribution in [0.15, 0.2) is 42.5 Å². The van der Waals surface area contributed by atoms with E-state index in [0.29, 0.717) is 5.56 Å². The van der Waals surface area contributed by atoms with Crippen LogP contribution in [0.1, 0.15) is 18.1 Å². The molecule has 2 aromatic rings. The molecule has 132 valence electrons. The number of aliphatic hydroxyl groups excluding tert-OH is 2. The van der Waals surface area contributed by atoms with Gasteiger partial charge in [-0.3, -0.25) is 4.79 Å². The van der Waals surface area contributed by atoms with Crippen molar-refractivity contribution in [3.63, 3.8) is 0 Å². The van der Waals surface area contributed by atoms with Gasteiger partial charge in [-0.15, -0.1) is 0 Å². The number of rotatable bonds is 6. The molecule has 0 saturated carbocycles. The molecule has 0 bridgehead atoms. The zero-order chi connectivity index (χ0) is 18.4. The molecule has 0 spiro atoms. The van der Waals surface area contributed by atoms with E-state index in [2.05, 4.69) is 0 Å². The molecule has 0 radical (unpaired) electrons. The Morgan fingerprint density at radius 1 is 0.960 bits per heavy atom. The number of carbonyl (C=O) groups excluding carboxylic acids is 1. The molecular formula is C19H20O6. The number of aliphatic hydroxyl groups is 2. The Morgan fingerprint density at radius 2 is 1.56 bits per heavy atom. The average molecular weight is 344 g/mol. The van der Waals surface area contributed by atoms with Gasteiger partial charge in [0.15, 0.2) is 0 Å². The zero-order valence-corrected chi connectivity index (χ0v) is 13.7. The highest BCUT2D eigenvalue weighted by Gasteiger charge is 2.34. The standard InChI is InChI=1S/C19H20O6/c1-19(11-20,12-21)18(24)25-17-9-14(8-16(23)10-17)3-2-13-4-6-15(22)7-5-13/h2-10,20-23H,11-12H2,1H3. The maximum Gasteiger partial charge on any atom is 0.321 e. The Bertz CT molecular complexity index is 760. The van der Waals surface area contributed by atoms with Gasteiger partial charge in [0.25, 0.3) is 0 Å². The molecule has 25 heavy (non-hydrogen) atoms. The fraction of sp³-hybridized carbons (Fsp3) is 0.211. The summed E-state index contributed by atoms with van der Waals surface area (Å²) in [5.41, 5.74) is 0.00596. The van der Waals surface area contributed by atoms with Crippen LogP contribution in [0.4, 0.5) is 0 Å². The number of carbonyl (C=O) groups is 1. The summed E-state index contributed by atoms with van der Waals surface area (Å²) in [6.07, 6.45) is 3.48. The van der Waals surface area contributed by atoms with Gasteiger partial charge in [-0.05, 0) is 42.3 Å². The SMILES string of the molecule is CC(CO)(CO)C(=O)Oc1cc(O)cc(C=Cc2ccc(O)cc2)c1. The lowest BCUT2D eigenvalue weighted by Gasteiger charge is -2.22. The van der Waals surface area contributed by atoms with E-state index in [1.807, 2.05) is 0 Å². The maximum absolute atomic E-state index is 12.1. The first-order valence-electron chi connectivity index (χ1n) is 7.61. The monoisotopic (exact) mass is 344 g/mol. The Hall–Kier alpha value is -2.83. The van der Waals surface area contributed by atoms with Gasteiger partial charge in [0.05, 0.1) is 13.2 Å². The topological polar surface area (TPSA) is 107 Å². The van der Waals surface area contributed by atoms with Gasteiger partial charge >= 0.3 is 5.97 Å². The number of hydrogen-bond acceptors (Lipinski definition) is 6. The number of aromatic hydroxyl groups is 2. The Morgan fingerprint density at radius 3 is 2.16 bits per heavy atom. The second kappa shape index (κ2) is 7.83. The maximum atomic E-state index is 12.1. The zero-order valence-electron chi connectivity index (χ0n) is 13.7. The Balaban J connectivity index is 2.20. The van der Waals surface area contributed by atoms with E-state index in [-0.39, 0.29) is 17.2 Å². The van der Waals surface area contributed by atoms with Crippen LogP contribution in [-0.4, -0.2) is 39.6 Å². The molecule has 6 heteroatoms. The fourth-order valence-electron chi connectivity index (χ4n) is 1.95. The van der Waals surface area contributed by atoms with Crippen molar-refractivity contribution in [3.05, 3.63) is 53.6 Å². The molecule has 4 N–H and O–H groups in total. The number of ether oxygens (including phenoxy) is 1. The molecule has 0 saturated heterocycles. The second-order valence-corrected chi connectivity index (χ2v) is 5.95. The lowest BCUT2D eigenvalue weighted by atomic mass is 9.93. The van der Waals surface area contributed by atoms with Crippen LogP contribution in [0.2, 0.25) is 0 Å². The van der Waals surface area contributed by atoms with Gasteiger partial charge in [-0.2, -0.15) is 0 Å². The first-order valence-corrected chi connectivity index (χ1v) is 7.61. The number of phenolic OH excluding ortho intramolecular Hbond substituents is 2. The summed E-state index contributed by atoms with van der Waals surface area (Å²) in [5, 5.41) is 37.5. The third kappa shape index (κ3) is 4.82. The van der Waals surface area contributed by atoms with Gasteiger partial charge < -0.3 is 25.2 Å². The van der Waals surface area contributed by atoms with E-state index in [1.165, 1.54) is 19.1 Å². The second-order valence-electron chi connectivity index (χ2n) is 5.95. The molecule has 0 aliphatic rings. The van der Waals surface area contributed by atoms with E-state index < -0.39 is 24.6 Å². The summed E-state index contributed by atoms with van der Waals surface area (Å²) in [6, 6.07) is 10.9. The van der Waals surface area contributed by atoms with E-state index in [0.717, 1.165) is 5.56 Å². The van der Waals surface area contributed by atoms with Crippen molar-refractivity contribution in [1.82, 2.24) is 0 Å². The van der Waals surface area contributed by atoms with Crippen molar-refractivity contribution < 1.29 is 30.0 Å². The van der Waals surface area contributed by atoms with Crippen LogP contribution >= 0.6 is 0 Å². The minimum atomic E-state index is -1.42. The molecule has 2 aromatic carbocycles. The van der Waals surface area contributed by atoms with E-state index in [1.54, 1.807) is 42.5 Å². The van der Waals surface area contributed by atoms with Crippen LogP contribution in [-0.2, 0) is 4.79 Å². The lowest BCUT2D eigenvalue weighted by Crippen LogP contribution is -2.38. The predicted octanol–water partition coefficient (Wildman–Crippen LogP) is 2.16. The third-order valence-corrected chi connectivity index (χ3v) is 3.68. The van der Waals surface area contributed by atoms with Gasteiger partial charge in [0.2, 0.25) is 0 Å². The first kappa shape index (κ1) is 18.5. The fourth-order valence-corrected chi connectivity index (χ4v) is 1.95. The van der Waals surface area contributed by atoms with Crippen LogP contribution in [0.25, 0.3) is 12.2 Å². The molecule has 0 unspecified atom stereocenters. The van der Waals surface area contributed by atoms with Crippen molar-refractivity contribution >= 4 is 18.1 Å². The minimum absolute atomic E-state index is 0.0923. The van der Waals surface area contributed by atoms with Gasteiger partial charge in [-0.1, -0.05) is 24.3 Å². The molecule has 0 aromatic heterocycles. The van der Waals surface area contributed by atoms with Crippen molar-refractivity contribution in [2.75, 3.05) is 13.2 Å². The van der Waals surface area contributed by atoms with Crippen LogP contribution in [0.3, 0.4) is 0 Å². The van der Waals surface area contributed by atoms with Crippen LogP contribution in [0, 0.1) is 5.41 Å². The minimum Gasteiger partial charge on any atom is -0.508 e. The molecule has 2 rings (SSSR count). The summed E-state index contributed by atoms with van der Waals surface area (Å²) in [4.78, 5) is 12.1. The highest BCUT2D eigenvalue weighted by atomic mass is 16.5. The average Bonchev–Trinajstić information content (AvgIpc) is 2.60. The van der Waals surface area contributed by atoms with Gasteiger partial charge in [0.1, 0.15) is 22.7 Å². The normalized spacial score (nSPS) is 11.6. The van der Waals surface area contributed by atoms with Crippen molar-refractivity contribution in [2.45, 2.75) is 6.92 Å². The smallest absolute Gasteiger partial charge is 0.321 e. The molecule has 0 heterocycles. The summed E-state index contributed by atoms with van der Waals surface area (Å²) in [6.45, 7) is 0.257. The number of benzene rings is 2. The van der Waals surface area contributed by atoms with E-state index in [9.17, 15) is 25.2 Å². The van der Waals surface area contributed by atoms with Crippen molar-refractivity contribution in [3.8, 4) is 17.2 Å². The summed E-state index contributed by atoms with van der Waals surface area (Å²) in [5.74, 6) is -0.620. The lowest BCUT2D eigenvalue weighted by molar-refractivity contribution is -0.149. The van der Waals surface area contributed by atoms with Crippen LogP contribution in [0.5, 0.6) is 17.2 Å². The quantitative estimate of drug-likeness (QED) is 0.363. The molecular weight excluding hydrogens is 324 g/mol. The predicted molar refractivity (Wildman–Crippen MR) is 93.1 cm³/mol. The molecule has 0 aliphatic carbocycles. The molecule has 0 atom stereocenters. The number of hydrogen-bond donors (Lipinski definition) is 4. The number of esters is 1. The number of phenols is 2. The molecule has 0 fully saturated rings. The molecule has 0 aliphatic heterocycles. The van der Waals surface area contributed by atoms with Gasteiger partial charge in [0, 0.05) is 6.07 Å². The van der Waals surface area contributed by atoms with E-state index in [4.69, 9.17) is 4.74 Å². The third-order valence-electron chi connectivity index (χ3n) is 3.68. The summed E-state index contributed by atoms with van der Waals surface area (Å²) in [7, 11) is 0. The summed E-state index contributed by atoms with van der Waals surface area (Å²) < 4.78 is 5.16. The first-order chi connectivity index (χ1) is 11.9. The van der Waals surface area contributed by atoms with Gasteiger partial charge in [-0.25, -0.2) is 0 Å². The van der Waals surface area contributed by atoms with Crippen LogP contribution < -0.4 is 4.74 Å². The summed E-state index contributed by atoms with van der Waals surface area (Å²) >= 11 is 0. The Labute approximate surface area is 145 Å². The highest BCUT2D eigenvalue weighted by molar-refractivity contribution is 5.80. The van der Waals surface area contributed by atoms with E-state index >= 15 is 0 Å². The molecule has 0 amide bonds. The Kier molecular flexibility index (Phi) is 5.80. The molecule has 6 nitrogen and oxygen atoms in total. The largest absolute Gasteiger partial charge is 0.508 e. The van der Waals surface area contributed by atoms with Crippen molar-refractivity contribution in [2.24, 2.45) is 5.41 Å². The van der Waals surface area contributed by atoms with Crippen molar-refractivity contribution in [1.29, 1.82) is 0 Å². The highest BCUT2D eigenvalue weighted by Crippen LogP contribution is 2.26.